The molecule has 0 N–H and O–H groups in total. The second-order valence-corrected chi connectivity index (χ2v) is 5.72. The number of para-hydroxylation sites is 1. The molecule has 2 aromatic carbocycles. The Balaban J connectivity index is 1.82. The SMILES string of the molecule is CCCOc1c(C=CC(=O)c2ccc3c(c2)OCO3)cccc1OCC. The topological polar surface area (TPSA) is 54.0 Å². The average molecular weight is 354 g/mol. The zero-order valence-electron chi connectivity index (χ0n) is 15.0. The summed E-state index contributed by atoms with van der Waals surface area (Å²) in [6, 6.07) is 10.8. The fourth-order valence-electron chi connectivity index (χ4n) is 2.60. The van der Waals surface area contributed by atoms with Crippen LogP contribution in [0, 0.1) is 0 Å². The van der Waals surface area contributed by atoms with Gasteiger partial charge in [0.2, 0.25) is 6.79 Å². The van der Waals surface area contributed by atoms with Gasteiger partial charge in [-0.1, -0.05) is 19.1 Å². The van der Waals surface area contributed by atoms with Crippen LogP contribution in [0.5, 0.6) is 23.0 Å². The van der Waals surface area contributed by atoms with E-state index in [1.165, 1.54) is 6.08 Å². The molecule has 5 heteroatoms. The second kappa shape index (κ2) is 8.43. The summed E-state index contributed by atoms with van der Waals surface area (Å²) in [4.78, 5) is 12.5. The van der Waals surface area contributed by atoms with Gasteiger partial charge in [0.1, 0.15) is 0 Å². The smallest absolute Gasteiger partial charge is 0.231 e. The van der Waals surface area contributed by atoms with Crippen LogP contribution in [0.25, 0.3) is 6.08 Å². The maximum atomic E-state index is 12.5. The molecule has 26 heavy (non-hydrogen) atoms. The maximum Gasteiger partial charge on any atom is 0.231 e. The molecule has 0 fully saturated rings. The van der Waals surface area contributed by atoms with Crippen molar-refractivity contribution < 1.29 is 23.7 Å². The van der Waals surface area contributed by atoms with E-state index in [1.807, 2.05) is 32.0 Å². The van der Waals surface area contributed by atoms with E-state index in [4.69, 9.17) is 18.9 Å². The summed E-state index contributed by atoms with van der Waals surface area (Å²) < 4.78 is 22.1. The Morgan fingerprint density at radius 1 is 1.12 bits per heavy atom. The minimum atomic E-state index is -0.119. The Bertz CT molecular complexity index is 810. The Morgan fingerprint density at radius 2 is 1.96 bits per heavy atom. The predicted molar refractivity (Wildman–Crippen MR) is 99.3 cm³/mol. The number of allylic oxidation sites excluding steroid dienone is 1. The predicted octanol–water partition coefficient (Wildman–Crippen LogP) is 4.50. The van der Waals surface area contributed by atoms with Crippen molar-refractivity contribution in [2.24, 2.45) is 0 Å². The lowest BCUT2D eigenvalue weighted by Gasteiger charge is -2.13. The first kappa shape index (κ1) is 17.9. The monoisotopic (exact) mass is 354 g/mol. The van der Waals surface area contributed by atoms with E-state index in [0.717, 1.165) is 12.0 Å². The summed E-state index contributed by atoms with van der Waals surface area (Å²) in [6.07, 6.45) is 4.17. The van der Waals surface area contributed by atoms with Gasteiger partial charge in [0.25, 0.3) is 0 Å². The zero-order valence-corrected chi connectivity index (χ0v) is 15.0. The number of ketones is 1. The zero-order chi connectivity index (χ0) is 18.4. The van der Waals surface area contributed by atoms with Crippen LogP contribution in [0.3, 0.4) is 0 Å². The van der Waals surface area contributed by atoms with E-state index < -0.39 is 0 Å². The molecule has 0 bridgehead atoms. The van der Waals surface area contributed by atoms with Crippen LogP contribution >= 0.6 is 0 Å². The van der Waals surface area contributed by atoms with Crippen molar-refractivity contribution >= 4 is 11.9 Å². The number of hydrogen-bond acceptors (Lipinski definition) is 5. The van der Waals surface area contributed by atoms with E-state index in [-0.39, 0.29) is 12.6 Å². The van der Waals surface area contributed by atoms with Crippen molar-refractivity contribution in [1.82, 2.24) is 0 Å². The lowest BCUT2D eigenvalue weighted by molar-refractivity contribution is 0.104. The summed E-state index contributed by atoms with van der Waals surface area (Å²) in [5.74, 6) is 2.47. The van der Waals surface area contributed by atoms with Crippen molar-refractivity contribution in [3.8, 4) is 23.0 Å². The Hall–Kier alpha value is -2.95. The summed E-state index contributed by atoms with van der Waals surface area (Å²) in [6.45, 7) is 5.29. The molecule has 1 aliphatic heterocycles. The minimum absolute atomic E-state index is 0.119. The van der Waals surface area contributed by atoms with Crippen molar-refractivity contribution in [2.75, 3.05) is 20.0 Å². The molecule has 0 aliphatic carbocycles. The van der Waals surface area contributed by atoms with Crippen molar-refractivity contribution in [3.63, 3.8) is 0 Å². The van der Waals surface area contributed by atoms with E-state index in [2.05, 4.69) is 0 Å². The van der Waals surface area contributed by atoms with Crippen molar-refractivity contribution in [1.29, 1.82) is 0 Å². The molecular weight excluding hydrogens is 332 g/mol. The molecule has 5 nitrogen and oxygen atoms in total. The minimum Gasteiger partial charge on any atom is -0.490 e. The average Bonchev–Trinajstić information content (AvgIpc) is 3.13. The van der Waals surface area contributed by atoms with Crippen LogP contribution in [0.1, 0.15) is 36.2 Å². The maximum absolute atomic E-state index is 12.5. The lowest BCUT2D eigenvalue weighted by Crippen LogP contribution is -2.02. The molecular formula is C21H22O5. The van der Waals surface area contributed by atoms with Crippen LogP contribution in [-0.4, -0.2) is 25.8 Å². The van der Waals surface area contributed by atoms with E-state index in [1.54, 1.807) is 24.3 Å². The molecule has 0 atom stereocenters. The van der Waals surface area contributed by atoms with E-state index in [0.29, 0.717) is 41.8 Å². The first-order valence-corrected chi connectivity index (χ1v) is 8.73. The lowest BCUT2D eigenvalue weighted by atomic mass is 10.1. The highest BCUT2D eigenvalue weighted by atomic mass is 16.7. The van der Waals surface area contributed by atoms with Crippen LogP contribution in [0.4, 0.5) is 0 Å². The third-order valence-electron chi connectivity index (χ3n) is 3.83. The first-order chi connectivity index (χ1) is 12.7. The van der Waals surface area contributed by atoms with Crippen LogP contribution in [0.2, 0.25) is 0 Å². The summed E-state index contributed by atoms with van der Waals surface area (Å²) >= 11 is 0. The van der Waals surface area contributed by atoms with Gasteiger partial charge in [-0.25, -0.2) is 0 Å². The Labute approximate surface area is 153 Å². The third kappa shape index (κ3) is 3.99. The van der Waals surface area contributed by atoms with Crippen LogP contribution in [0.15, 0.2) is 42.5 Å². The van der Waals surface area contributed by atoms with Gasteiger partial charge in [0.05, 0.1) is 13.2 Å². The molecule has 136 valence electrons. The van der Waals surface area contributed by atoms with Gasteiger partial charge in [-0.2, -0.15) is 0 Å². The van der Waals surface area contributed by atoms with Gasteiger partial charge in [0, 0.05) is 11.1 Å². The normalized spacial score (nSPS) is 12.4. The molecule has 0 saturated heterocycles. The number of hydrogen-bond donors (Lipinski definition) is 0. The molecule has 2 aromatic rings. The summed E-state index contributed by atoms with van der Waals surface area (Å²) in [5.41, 5.74) is 1.35. The Morgan fingerprint density at radius 3 is 2.77 bits per heavy atom. The highest BCUT2D eigenvalue weighted by molar-refractivity contribution is 6.07. The standard InChI is InChI=1S/C21H22O5/c1-3-12-24-21-15(6-5-7-19(21)23-4-2)8-10-17(22)16-9-11-18-20(13-16)26-14-25-18/h5-11,13H,3-4,12,14H2,1-2H3. The van der Waals surface area contributed by atoms with E-state index >= 15 is 0 Å². The fraction of sp³-hybridized carbons (Fsp3) is 0.286. The molecule has 0 unspecified atom stereocenters. The molecule has 0 saturated carbocycles. The van der Waals surface area contributed by atoms with Gasteiger partial charge < -0.3 is 18.9 Å². The van der Waals surface area contributed by atoms with Crippen LogP contribution in [-0.2, 0) is 0 Å². The Kier molecular flexibility index (Phi) is 5.79. The number of ether oxygens (including phenoxy) is 4. The fourth-order valence-corrected chi connectivity index (χ4v) is 2.60. The van der Waals surface area contributed by atoms with Crippen molar-refractivity contribution in [3.05, 3.63) is 53.6 Å². The number of rotatable bonds is 8. The number of fused-ring (bicyclic) bond motifs is 1. The van der Waals surface area contributed by atoms with Gasteiger partial charge in [-0.15, -0.1) is 0 Å². The molecule has 3 rings (SSSR count). The number of carbonyl (C=O) groups excluding carboxylic acids is 1. The third-order valence-corrected chi connectivity index (χ3v) is 3.83. The molecule has 0 spiro atoms. The van der Waals surface area contributed by atoms with Gasteiger partial charge in [-0.05, 0) is 49.8 Å². The number of benzene rings is 2. The summed E-state index contributed by atoms with van der Waals surface area (Å²) in [5, 5.41) is 0. The molecule has 1 aliphatic rings. The van der Waals surface area contributed by atoms with Gasteiger partial charge >= 0.3 is 0 Å². The second-order valence-electron chi connectivity index (χ2n) is 5.72. The highest BCUT2D eigenvalue weighted by Gasteiger charge is 2.15. The molecule has 0 aromatic heterocycles. The quantitative estimate of drug-likeness (QED) is 0.516. The molecule has 0 radical (unpaired) electrons. The van der Waals surface area contributed by atoms with E-state index in [9.17, 15) is 4.79 Å². The number of carbonyl (C=O) groups is 1. The van der Waals surface area contributed by atoms with Gasteiger partial charge in [0.15, 0.2) is 28.8 Å². The largest absolute Gasteiger partial charge is 0.490 e. The first-order valence-electron chi connectivity index (χ1n) is 8.73. The molecule has 0 amide bonds. The molecule has 1 heterocycles. The highest BCUT2D eigenvalue weighted by Crippen LogP contribution is 2.34. The van der Waals surface area contributed by atoms with Crippen molar-refractivity contribution in [2.45, 2.75) is 20.3 Å². The van der Waals surface area contributed by atoms with Gasteiger partial charge in [-0.3, -0.25) is 4.79 Å². The van der Waals surface area contributed by atoms with Crippen LogP contribution < -0.4 is 18.9 Å². The summed E-state index contributed by atoms with van der Waals surface area (Å²) in [7, 11) is 0.